The van der Waals surface area contributed by atoms with Crippen molar-refractivity contribution in [3.8, 4) is 0 Å². The van der Waals surface area contributed by atoms with Crippen LogP contribution in [-0.2, 0) is 27.5 Å². The molecule has 0 spiro atoms. The summed E-state index contributed by atoms with van der Waals surface area (Å²) in [4.78, 5) is 0. The number of rotatable bonds is 30. The Morgan fingerprint density at radius 3 is 1.20 bits per heavy atom. The van der Waals surface area contributed by atoms with E-state index in [9.17, 15) is 0 Å². The van der Waals surface area contributed by atoms with Gasteiger partial charge in [-0.15, -0.1) is 0 Å². The molecular formula is C32H64NO6Si+. The van der Waals surface area contributed by atoms with Crippen LogP contribution >= 0.6 is 0 Å². The van der Waals surface area contributed by atoms with E-state index in [1.807, 2.05) is 0 Å². The predicted octanol–water partition coefficient (Wildman–Crippen LogP) is 6.90. The molecule has 8 heteroatoms. The van der Waals surface area contributed by atoms with Gasteiger partial charge in [-0.3, -0.25) is 0 Å². The summed E-state index contributed by atoms with van der Waals surface area (Å²) in [7, 11) is 1.94. The minimum atomic E-state index is -2.79. The first-order valence-corrected chi connectivity index (χ1v) is 19.0. The number of epoxide rings is 3. The van der Waals surface area contributed by atoms with Crippen molar-refractivity contribution in [3.05, 3.63) is 0 Å². The highest BCUT2D eigenvalue weighted by molar-refractivity contribution is 6.60. The first kappa shape index (κ1) is 34.4. The maximum absolute atomic E-state index is 6.37. The number of ether oxygens (including phenoxy) is 3. The van der Waals surface area contributed by atoms with Crippen molar-refractivity contribution >= 4 is 8.80 Å². The molecule has 0 aliphatic carbocycles. The van der Waals surface area contributed by atoms with Gasteiger partial charge < -0.3 is 32.0 Å². The topological polar surface area (TPSA) is 65.3 Å². The lowest BCUT2D eigenvalue weighted by Gasteiger charge is -2.33. The third-order valence-corrected chi connectivity index (χ3v) is 11.3. The lowest BCUT2D eigenvalue weighted by molar-refractivity contribution is -0.890. The summed E-state index contributed by atoms with van der Waals surface area (Å²) in [6.07, 6.45) is 24.4. The van der Waals surface area contributed by atoms with E-state index in [0.717, 1.165) is 43.3 Å². The van der Waals surface area contributed by atoms with E-state index in [4.69, 9.17) is 27.5 Å². The predicted molar refractivity (Wildman–Crippen MR) is 164 cm³/mol. The van der Waals surface area contributed by atoms with Crippen LogP contribution in [0, 0.1) is 0 Å². The van der Waals surface area contributed by atoms with Crippen molar-refractivity contribution in [1.29, 1.82) is 0 Å². The molecule has 0 aromatic rings. The second-order valence-corrected chi connectivity index (χ2v) is 16.0. The quantitative estimate of drug-likeness (QED) is 0.0395. The maximum Gasteiger partial charge on any atom is 0.501 e. The molecule has 7 nitrogen and oxygen atoms in total. The van der Waals surface area contributed by atoms with E-state index in [0.29, 0.717) is 19.8 Å². The van der Waals surface area contributed by atoms with Gasteiger partial charge in [0.15, 0.2) is 0 Å². The highest BCUT2D eigenvalue weighted by Crippen LogP contribution is 2.26. The molecule has 3 aliphatic rings. The van der Waals surface area contributed by atoms with Crippen molar-refractivity contribution < 1.29 is 32.0 Å². The van der Waals surface area contributed by atoms with Crippen LogP contribution in [0.5, 0.6) is 0 Å². The zero-order valence-corrected chi connectivity index (χ0v) is 27.5. The Morgan fingerprint density at radius 1 is 0.525 bits per heavy atom. The fourth-order valence-electron chi connectivity index (χ4n) is 5.42. The van der Waals surface area contributed by atoms with E-state index in [2.05, 4.69) is 21.0 Å². The summed E-state index contributed by atoms with van der Waals surface area (Å²) in [5.74, 6) is 0. The Kier molecular flexibility index (Phi) is 17.2. The van der Waals surface area contributed by atoms with Gasteiger partial charge in [0.2, 0.25) is 0 Å². The lowest BCUT2D eigenvalue weighted by atomic mass is 10.0. The zero-order chi connectivity index (χ0) is 28.4. The third-order valence-electron chi connectivity index (χ3n) is 8.54. The molecule has 0 aromatic carbocycles. The molecule has 3 aliphatic heterocycles. The van der Waals surface area contributed by atoms with E-state index >= 15 is 0 Å². The van der Waals surface area contributed by atoms with Crippen LogP contribution in [0.15, 0.2) is 0 Å². The fraction of sp³-hybridized carbons (Fsp3) is 1.00. The van der Waals surface area contributed by atoms with Crippen LogP contribution in [-0.4, -0.2) is 98.4 Å². The Hall–Kier alpha value is -0.0631. The number of nitrogens with zero attached hydrogens (tertiary/aromatic N) is 1. The zero-order valence-electron chi connectivity index (χ0n) is 26.5. The maximum atomic E-state index is 6.37. The molecule has 0 radical (unpaired) electrons. The standard InChI is InChI=1S/C32H64NO6Si/c1-4-5-6-7-8-9-10-11-12-13-14-15-16-17-18-19-21-33(2,3)22-20-23-40(37-27-30-24-34-30,38-28-31-25-35-31)39-29-32-26-36-32/h30-32H,4-29H2,1-3H3/q+1. The van der Waals surface area contributed by atoms with Crippen molar-refractivity contribution in [2.45, 2.75) is 140 Å². The SMILES string of the molecule is CCCCCCCCCCCCCCCCCC[N+](C)(C)CCC[Si](OCC1CO1)(OCC1CO1)OCC1CO1. The minimum absolute atomic E-state index is 0.204. The fourth-order valence-corrected chi connectivity index (χ4v) is 8.01. The molecule has 0 aromatic heterocycles. The average Bonchev–Trinajstić information content (AvgIpc) is 3.79. The van der Waals surface area contributed by atoms with Crippen LogP contribution in [0.4, 0.5) is 0 Å². The number of hydrogen-bond donors (Lipinski definition) is 0. The van der Waals surface area contributed by atoms with E-state index < -0.39 is 8.80 Å². The minimum Gasteiger partial charge on any atom is -0.371 e. The van der Waals surface area contributed by atoms with Crippen LogP contribution in [0.25, 0.3) is 0 Å². The lowest BCUT2D eigenvalue weighted by Crippen LogP contribution is -2.49. The van der Waals surface area contributed by atoms with Crippen molar-refractivity contribution in [1.82, 2.24) is 0 Å². The van der Waals surface area contributed by atoms with Crippen molar-refractivity contribution in [3.63, 3.8) is 0 Å². The number of quaternary nitrogens is 1. The summed E-state index contributed by atoms with van der Waals surface area (Å²) >= 11 is 0. The van der Waals surface area contributed by atoms with Crippen LogP contribution in [0.3, 0.4) is 0 Å². The Balaban J connectivity index is 1.19. The summed E-state index contributed by atoms with van der Waals surface area (Å²) in [5.41, 5.74) is 0. The van der Waals surface area contributed by atoms with E-state index in [1.54, 1.807) is 0 Å². The van der Waals surface area contributed by atoms with Crippen LogP contribution in [0.1, 0.15) is 116 Å². The van der Waals surface area contributed by atoms with Crippen molar-refractivity contribution in [2.75, 3.05) is 66.8 Å². The second kappa shape index (κ2) is 20.0. The molecule has 0 bridgehead atoms. The van der Waals surface area contributed by atoms with Gasteiger partial charge in [-0.1, -0.05) is 96.8 Å². The van der Waals surface area contributed by atoms with Gasteiger partial charge in [0.05, 0.1) is 66.8 Å². The molecule has 3 unspecified atom stereocenters. The summed E-state index contributed by atoms with van der Waals surface area (Å²) in [6.45, 7) is 8.70. The molecule has 3 heterocycles. The normalized spacial score (nSPS) is 23.3. The number of hydrogen-bond acceptors (Lipinski definition) is 6. The summed E-state index contributed by atoms with van der Waals surface area (Å²) in [6, 6.07) is 0.847. The van der Waals surface area contributed by atoms with Crippen LogP contribution < -0.4 is 0 Å². The molecule has 3 saturated heterocycles. The largest absolute Gasteiger partial charge is 0.501 e. The van der Waals surface area contributed by atoms with Crippen molar-refractivity contribution in [2.24, 2.45) is 0 Å². The van der Waals surface area contributed by atoms with Gasteiger partial charge in [-0.2, -0.15) is 0 Å². The van der Waals surface area contributed by atoms with Gasteiger partial charge in [-0.05, 0) is 12.8 Å². The van der Waals surface area contributed by atoms with E-state index in [-0.39, 0.29) is 18.3 Å². The Labute approximate surface area is 247 Å². The molecule has 236 valence electrons. The first-order valence-electron chi connectivity index (χ1n) is 17.1. The van der Waals surface area contributed by atoms with Crippen LogP contribution in [0.2, 0.25) is 6.04 Å². The van der Waals surface area contributed by atoms with Gasteiger partial charge >= 0.3 is 8.80 Å². The number of unbranched alkanes of at least 4 members (excludes halogenated alkanes) is 15. The molecule has 0 N–H and O–H groups in total. The van der Waals surface area contributed by atoms with E-state index in [1.165, 1.54) is 109 Å². The molecule has 0 saturated carbocycles. The third kappa shape index (κ3) is 17.8. The first-order chi connectivity index (χ1) is 19.5. The summed E-state index contributed by atoms with van der Waals surface area (Å²) in [5, 5.41) is 0. The van der Waals surface area contributed by atoms with Gasteiger partial charge in [-0.25, -0.2) is 0 Å². The average molecular weight is 587 g/mol. The smallest absolute Gasteiger partial charge is 0.371 e. The highest BCUT2D eigenvalue weighted by Gasteiger charge is 2.46. The highest BCUT2D eigenvalue weighted by atomic mass is 28.4. The summed E-state index contributed by atoms with van der Waals surface area (Å²) < 4.78 is 36.3. The molecular weight excluding hydrogens is 522 g/mol. The Bertz CT molecular complexity index is 586. The molecule has 40 heavy (non-hydrogen) atoms. The van der Waals surface area contributed by atoms with Gasteiger partial charge in [0.1, 0.15) is 18.3 Å². The molecule has 3 rings (SSSR count). The molecule has 3 atom stereocenters. The molecule has 3 fully saturated rings. The monoisotopic (exact) mass is 586 g/mol. The Morgan fingerprint density at radius 2 is 0.850 bits per heavy atom. The second-order valence-electron chi connectivity index (χ2n) is 13.3. The molecule has 0 amide bonds. The van der Waals surface area contributed by atoms with Gasteiger partial charge in [0.25, 0.3) is 0 Å². The van der Waals surface area contributed by atoms with Gasteiger partial charge in [0, 0.05) is 12.5 Å².